The topological polar surface area (TPSA) is 54.5 Å². The van der Waals surface area contributed by atoms with Crippen molar-refractivity contribution in [3.63, 3.8) is 0 Å². The molecule has 0 aliphatic carbocycles. The fraction of sp³-hybridized carbons (Fsp3) is 0.625. The fourth-order valence-electron chi connectivity index (χ4n) is 2.71. The van der Waals surface area contributed by atoms with Gasteiger partial charge in [-0.3, -0.25) is 4.79 Å². The number of likely N-dealkylation sites (tertiary alicyclic amines) is 1. The van der Waals surface area contributed by atoms with Crippen molar-refractivity contribution >= 4 is 11.7 Å². The van der Waals surface area contributed by atoms with Crippen LogP contribution >= 0.6 is 0 Å². The number of nitrogens with one attached hydrogen (secondary N) is 1. The number of anilines is 1. The molecule has 5 heteroatoms. The lowest BCUT2D eigenvalue weighted by molar-refractivity contribution is 0.0566. The molecule has 0 saturated carbocycles. The van der Waals surface area contributed by atoms with E-state index in [0.29, 0.717) is 24.3 Å². The van der Waals surface area contributed by atoms with Crippen LogP contribution in [0.25, 0.3) is 0 Å². The van der Waals surface area contributed by atoms with Crippen LogP contribution in [0.1, 0.15) is 37.2 Å². The Hall–Kier alpha value is -1.62. The molecule has 1 unspecified atom stereocenters. The molecule has 0 spiro atoms. The minimum Gasteiger partial charge on any atom is -0.384 e. The zero-order valence-corrected chi connectivity index (χ0v) is 13.1. The number of hydrogen-bond donors (Lipinski definition) is 1. The highest BCUT2D eigenvalue weighted by molar-refractivity contribution is 5.92. The summed E-state index contributed by atoms with van der Waals surface area (Å²) in [5, 5.41) is 3.23. The van der Waals surface area contributed by atoms with E-state index < -0.39 is 0 Å². The molecule has 1 aromatic rings. The van der Waals surface area contributed by atoms with Crippen LogP contribution in [0.2, 0.25) is 0 Å². The van der Waals surface area contributed by atoms with E-state index in [1.165, 1.54) is 0 Å². The monoisotopic (exact) mass is 291 g/mol. The molecule has 1 atom stereocenters. The molecule has 1 saturated heterocycles. The van der Waals surface area contributed by atoms with E-state index in [-0.39, 0.29) is 5.91 Å². The molecule has 1 aliphatic rings. The summed E-state index contributed by atoms with van der Waals surface area (Å²) in [6.45, 7) is 6.39. The van der Waals surface area contributed by atoms with Gasteiger partial charge in [0.2, 0.25) is 0 Å². The van der Waals surface area contributed by atoms with Gasteiger partial charge < -0.3 is 15.0 Å². The smallest absolute Gasteiger partial charge is 0.272 e. The van der Waals surface area contributed by atoms with Crippen molar-refractivity contribution in [3.05, 3.63) is 23.9 Å². The molecule has 1 amide bonds. The number of methoxy groups -OCH3 is 1. The highest BCUT2D eigenvalue weighted by Gasteiger charge is 2.25. The lowest BCUT2D eigenvalue weighted by atomic mass is 9.98. The number of carbonyl (C=O) groups is 1. The predicted molar refractivity (Wildman–Crippen MR) is 83.5 cm³/mol. The van der Waals surface area contributed by atoms with Gasteiger partial charge in [0.1, 0.15) is 11.5 Å². The Bertz CT molecular complexity index is 474. The number of aromatic nitrogens is 1. The minimum atomic E-state index is 0.0169. The van der Waals surface area contributed by atoms with E-state index in [9.17, 15) is 4.79 Å². The molecule has 1 fully saturated rings. The molecule has 2 rings (SSSR count). The van der Waals surface area contributed by atoms with E-state index >= 15 is 0 Å². The first-order chi connectivity index (χ1) is 10.1. The average Bonchev–Trinajstić information content (AvgIpc) is 2.47. The van der Waals surface area contributed by atoms with E-state index in [1.807, 2.05) is 17.0 Å². The van der Waals surface area contributed by atoms with Gasteiger partial charge in [-0.15, -0.1) is 0 Å². The van der Waals surface area contributed by atoms with Gasteiger partial charge in [0.25, 0.3) is 5.91 Å². The molecule has 21 heavy (non-hydrogen) atoms. The molecule has 1 N–H and O–H groups in total. The molecule has 1 aliphatic heterocycles. The number of nitrogens with zero attached hydrogens (tertiary/aromatic N) is 2. The fourth-order valence-corrected chi connectivity index (χ4v) is 2.71. The third kappa shape index (κ3) is 4.43. The van der Waals surface area contributed by atoms with Crippen molar-refractivity contribution in [2.75, 3.05) is 32.1 Å². The van der Waals surface area contributed by atoms with E-state index in [4.69, 9.17) is 4.74 Å². The Morgan fingerprint density at radius 3 is 3.05 bits per heavy atom. The van der Waals surface area contributed by atoms with Crippen LogP contribution in [0, 0.1) is 5.92 Å². The number of amides is 1. The SMILES string of the molecule is COCC1CCCN(C(=O)c2cccc(NC(C)C)n2)C1. The molecule has 0 aromatic carbocycles. The van der Waals surface area contributed by atoms with Gasteiger partial charge in [-0.1, -0.05) is 6.07 Å². The summed E-state index contributed by atoms with van der Waals surface area (Å²) in [6, 6.07) is 5.85. The predicted octanol–water partition coefficient (Wildman–Crippen LogP) is 2.40. The zero-order chi connectivity index (χ0) is 15.2. The third-order valence-electron chi connectivity index (χ3n) is 3.61. The van der Waals surface area contributed by atoms with Crippen LogP contribution in [-0.2, 0) is 4.74 Å². The van der Waals surface area contributed by atoms with Crippen LogP contribution in [0.15, 0.2) is 18.2 Å². The van der Waals surface area contributed by atoms with Crippen molar-refractivity contribution in [2.45, 2.75) is 32.7 Å². The van der Waals surface area contributed by atoms with Crippen LogP contribution in [-0.4, -0.2) is 48.6 Å². The van der Waals surface area contributed by atoms with Crippen molar-refractivity contribution in [1.82, 2.24) is 9.88 Å². The van der Waals surface area contributed by atoms with Crippen molar-refractivity contribution < 1.29 is 9.53 Å². The summed E-state index contributed by atoms with van der Waals surface area (Å²) < 4.78 is 5.21. The first-order valence-corrected chi connectivity index (χ1v) is 7.62. The van der Waals surface area contributed by atoms with Gasteiger partial charge in [-0.25, -0.2) is 4.98 Å². The highest BCUT2D eigenvalue weighted by atomic mass is 16.5. The molecule has 1 aromatic heterocycles. The van der Waals surface area contributed by atoms with Crippen molar-refractivity contribution in [1.29, 1.82) is 0 Å². The molecule has 5 nitrogen and oxygen atoms in total. The minimum absolute atomic E-state index is 0.0169. The maximum Gasteiger partial charge on any atom is 0.272 e. The summed E-state index contributed by atoms with van der Waals surface area (Å²) in [5.74, 6) is 1.20. The Morgan fingerprint density at radius 1 is 1.52 bits per heavy atom. The summed E-state index contributed by atoms with van der Waals surface area (Å²) in [4.78, 5) is 18.9. The largest absolute Gasteiger partial charge is 0.384 e. The third-order valence-corrected chi connectivity index (χ3v) is 3.61. The maximum atomic E-state index is 12.6. The van der Waals surface area contributed by atoms with Crippen molar-refractivity contribution in [3.8, 4) is 0 Å². The number of pyridine rings is 1. The first kappa shape index (κ1) is 15.8. The van der Waals surface area contributed by atoms with Crippen LogP contribution < -0.4 is 5.32 Å². The Kier molecular flexibility index (Phi) is 5.56. The number of rotatable bonds is 5. The zero-order valence-electron chi connectivity index (χ0n) is 13.1. The number of hydrogen-bond acceptors (Lipinski definition) is 4. The second-order valence-electron chi connectivity index (χ2n) is 5.92. The van der Waals surface area contributed by atoms with Gasteiger partial charge in [0.05, 0.1) is 6.61 Å². The van der Waals surface area contributed by atoms with Gasteiger partial charge in [0, 0.05) is 26.2 Å². The first-order valence-electron chi connectivity index (χ1n) is 7.62. The quantitative estimate of drug-likeness (QED) is 0.905. The number of ether oxygens (including phenoxy) is 1. The van der Waals surface area contributed by atoms with E-state index in [0.717, 1.165) is 31.7 Å². The molecule has 116 valence electrons. The lowest BCUT2D eigenvalue weighted by Crippen LogP contribution is -2.41. The van der Waals surface area contributed by atoms with E-state index in [1.54, 1.807) is 13.2 Å². The van der Waals surface area contributed by atoms with Crippen LogP contribution in [0.5, 0.6) is 0 Å². The van der Waals surface area contributed by atoms with Crippen LogP contribution in [0.3, 0.4) is 0 Å². The van der Waals surface area contributed by atoms with Crippen molar-refractivity contribution in [2.24, 2.45) is 5.92 Å². The molecule has 0 radical (unpaired) electrons. The van der Waals surface area contributed by atoms with Gasteiger partial charge >= 0.3 is 0 Å². The van der Waals surface area contributed by atoms with Gasteiger partial charge in [-0.05, 0) is 44.7 Å². The second kappa shape index (κ2) is 7.41. The van der Waals surface area contributed by atoms with E-state index in [2.05, 4.69) is 24.1 Å². The summed E-state index contributed by atoms with van der Waals surface area (Å²) in [6.07, 6.45) is 2.16. The molecule has 2 heterocycles. The number of carbonyl (C=O) groups excluding carboxylic acids is 1. The molecular formula is C16H25N3O2. The Balaban J connectivity index is 2.05. The molecule has 0 bridgehead atoms. The summed E-state index contributed by atoms with van der Waals surface area (Å²) >= 11 is 0. The Labute approximate surface area is 126 Å². The normalized spacial score (nSPS) is 18.9. The lowest BCUT2D eigenvalue weighted by Gasteiger charge is -2.32. The maximum absolute atomic E-state index is 12.6. The summed E-state index contributed by atoms with van der Waals surface area (Å²) in [7, 11) is 1.71. The van der Waals surface area contributed by atoms with Crippen LogP contribution in [0.4, 0.5) is 5.82 Å². The Morgan fingerprint density at radius 2 is 2.33 bits per heavy atom. The standard InChI is InChI=1S/C16H25N3O2/c1-12(2)17-15-8-4-7-14(18-15)16(20)19-9-5-6-13(10-19)11-21-3/h4,7-8,12-13H,5-6,9-11H2,1-3H3,(H,17,18). The summed E-state index contributed by atoms with van der Waals surface area (Å²) in [5.41, 5.74) is 0.513. The highest BCUT2D eigenvalue weighted by Crippen LogP contribution is 2.19. The van der Waals surface area contributed by atoms with Gasteiger partial charge in [-0.2, -0.15) is 0 Å². The second-order valence-corrected chi connectivity index (χ2v) is 5.92. The number of piperidine rings is 1. The molecular weight excluding hydrogens is 266 g/mol. The van der Waals surface area contributed by atoms with Gasteiger partial charge in [0.15, 0.2) is 0 Å². The average molecular weight is 291 g/mol.